The fourth-order valence-corrected chi connectivity index (χ4v) is 1.68. The summed E-state index contributed by atoms with van der Waals surface area (Å²) in [6.07, 6.45) is 10.6. The predicted octanol–water partition coefficient (Wildman–Crippen LogP) is 3.76. The number of rotatable bonds is 11. The van der Waals surface area contributed by atoms with Crippen molar-refractivity contribution in [3.05, 3.63) is 11.1 Å². The van der Waals surface area contributed by atoms with Gasteiger partial charge in [0.1, 0.15) is 0 Å². The summed E-state index contributed by atoms with van der Waals surface area (Å²) in [5.74, 6) is 4.53. The molecular weight excluding hydrogens is 224 g/mol. The van der Waals surface area contributed by atoms with Gasteiger partial charge in [-0.15, -0.1) is 0 Å². The van der Waals surface area contributed by atoms with Gasteiger partial charge in [-0.05, 0) is 37.4 Å². The Kier molecular flexibility index (Phi) is 10.6. The van der Waals surface area contributed by atoms with E-state index in [9.17, 15) is 0 Å². The molecule has 4 nitrogen and oxygen atoms in total. The molecule has 4 N–H and O–H groups in total. The normalized spacial score (nSPS) is 9.11. The van der Waals surface area contributed by atoms with E-state index in [-0.39, 0.29) is 0 Å². The van der Waals surface area contributed by atoms with Crippen molar-refractivity contribution < 1.29 is 0 Å². The lowest BCUT2D eigenvalue weighted by Crippen LogP contribution is -1.88. The fourth-order valence-electron chi connectivity index (χ4n) is 1.68. The summed E-state index contributed by atoms with van der Waals surface area (Å²) < 4.78 is 0. The molecule has 0 aliphatic heterocycles. The van der Waals surface area contributed by atoms with Crippen LogP contribution in [-0.4, -0.2) is 24.2 Å². The Morgan fingerprint density at radius 1 is 0.667 bits per heavy atom. The number of hydrogen-bond donors (Lipinski definition) is 4. The van der Waals surface area contributed by atoms with Gasteiger partial charge in [0.25, 0.3) is 0 Å². The van der Waals surface area contributed by atoms with Crippen LogP contribution in [0.1, 0.15) is 51.4 Å². The van der Waals surface area contributed by atoms with Crippen LogP contribution in [0.3, 0.4) is 0 Å². The standard InChI is InChI=1S/C14H22N4/c15-9-13(10-16)7-5-3-1-2-4-6-8-14(11-17)12-18/h9,11,15-18H,1-8H2. The van der Waals surface area contributed by atoms with Crippen molar-refractivity contribution in [3.8, 4) is 0 Å². The Labute approximate surface area is 109 Å². The second kappa shape index (κ2) is 11.7. The van der Waals surface area contributed by atoms with E-state index >= 15 is 0 Å². The van der Waals surface area contributed by atoms with Crippen LogP contribution in [0.2, 0.25) is 0 Å². The van der Waals surface area contributed by atoms with Gasteiger partial charge in [0, 0.05) is 23.6 Å². The number of unbranched alkanes of at least 4 members (excludes halogenated alkanes) is 5. The molecule has 0 bridgehead atoms. The minimum Gasteiger partial charge on any atom is -0.308 e. The van der Waals surface area contributed by atoms with Gasteiger partial charge < -0.3 is 10.8 Å². The lowest BCUT2D eigenvalue weighted by molar-refractivity contribution is 0.598. The molecule has 98 valence electrons. The third kappa shape index (κ3) is 8.40. The summed E-state index contributed by atoms with van der Waals surface area (Å²) in [6, 6.07) is 0. The first-order chi connectivity index (χ1) is 8.78. The molecule has 0 atom stereocenters. The molecule has 0 rings (SSSR count). The molecule has 0 aromatic heterocycles. The Morgan fingerprint density at radius 3 is 1.28 bits per heavy atom. The van der Waals surface area contributed by atoms with E-state index in [2.05, 4.69) is 11.7 Å². The van der Waals surface area contributed by atoms with Crippen molar-refractivity contribution >= 4 is 24.2 Å². The van der Waals surface area contributed by atoms with E-state index in [1.807, 2.05) is 0 Å². The molecule has 18 heavy (non-hydrogen) atoms. The van der Waals surface area contributed by atoms with Gasteiger partial charge in [0.2, 0.25) is 0 Å². The van der Waals surface area contributed by atoms with Gasteiger partial charge in [-0.1, -0.05) is 25.7 Å². The molecule has 0 aromatic carbocycles. The summed E-state index contributed by atoms with van der Waals surface area (Å²) in [4.78, 5) is 0. The van der Waals surface area contributed by atoms with Crippen molar-refractivity contribution in [2.75, 3.05) is 0 Å². The van der Waals surface area contributed by atoms with Crippen LogP contribution in [0.4, 0.5) is 0 Å². The zero-order valence-corrected chi connectivity index (χ0v) is 10.8. The van der Waals surface area contributed by atoms with E-state index in [0.29, 0.717) is 11.1 Å². The molecule has 0 fully saturated rings. The summed E-state index contributed by atoms with van der Waals surface area (Å²) in [6.45, 7) is 0. The summed E-state index contributed by atoms with van der Waals surface area (Å²) in [7, 11) is 0. The molecule has 4 heteroatoms. The first-order valence-electron chi connectivity index (χ1n) is 6.36. The highest BCUT2D eigenvalue weighted by atomic mass is 14.4. The third-order valence-electron chi connectivity index (χ3n) is 2.81. The zero-order chi connectivity index (χ0) is 13.6. The van der Waals surface area contributed by atoms with Crippen molar-refractivity contribution in [1.29, 1.82) is 21.6 Å². The first kappa shape index (κ1) is 16.2. The molecular formula is C14H22N4. The monoisotopic (exact) mass is 246 g/mol. The van der Waals surface area contributed by atoms with E-state index in [4.69, 9.17) is 21.6 Å². The van der Waals surface area contributed by atoms with Crippen LogP contribution < -0.4 is 0 Å². The summed E-state index contributed by atoms with van der Waals surface area (Å²) in [5.41, 5.74) is 1.34. The van der Waals surface area contributed by atoms with Crippen LogP contribution in [0.5, 0.6) is 0 Å². The van der Waals surface area contributed by atoms with E-state index in [0.717, 1.165) is 51.4 Å². The van der Waals surface area contributed by atoms with Crippen molar-refractivity contribution in [2.24, 2.45) is 0 Å². The average molecular weight is 246 g/mol. The average Bonchev–Trinajstić information content (AvgIpc) is 2.41. The third-order valence-corrected chi connectivity index (χ3v) is 2.81. The molecule has 0 spiro atoms. The lowest BCUT2D eigenvalue weighted by atomic mass is 10.0. The second-order valence-electron chi connectivity index (χ2n) is 4.21. The lowest BCUT2D eigenvalue weighted by Gasteiger charge is -2.01. The highest BCUT2D eigenvalue weighted by Crippen LogP contribution is 2.11. The molecule has 0 saturated heterocycles. The molecule has 0 unspecified atom stereocenters. The number of hydrogen-bond acceptors (Lipinski definition) is 4. The molecule has 0 saturated carbocycles. The fraction of sp³-hybridized carbons (Fsp3) is 0.571. The summed E-state index contributed by atoms with van der Waals surface area (Å²) >= 11 is 0. The van der Waals surface area contributed by atoms with Crippen LogP contribution >= 0.6 is 0 Å². The Morgan fingerprint density at radius 2 is 1.00 bits per heavy atom. The highest BCUT2D eigenvalue weighted by Gasteiger charge is 1.96. The first-order valence-corrected chi connectivity index (χ1v) is 6.36. The SMILES string of the molecule is N=C=C(C=N)CCCCCCCCC(=C=N)C=N. The predicted molar refractivity (Wildman–Crippen MR) is 77.0 cm³/mol. The van der Waals surface area contributed by atoms with Crippen molar-refractivity contribution in [1.82, 2.24) is 0 Å². The molecule has 0 aliphatic rings. The molecule has 0 radical (unpaired) electrons. The van der Waals surface area contributed by atoms with Gasteiger partial charge in [0.15, 0.2) is 0 Å². The molecule has 0 heterocycles. The smallest absolute Gasteiger partial charge is 0.0304 e. The molecule has 0 amide bonds. The molecule has 0 aliphatic carbocycles. The minimum atomic E-state index is 0.668. The van der Waals surface area contributed by atoms with E-state index in [1.165, 1.54) is 12.4 Å². The van der Waals surface area contributed by atoms with Gasteiger partial charge in [-0.3, -0.25) is 10.8 Å². The Hall–Kier alpha value is -1.76. The Bertz CT molecular complexity index is 322. The highest BCUT2D eigenvalue weighted by molar-refractivity contribution is 5.88. The van der Waals surface area contributed by atoms with Crippen LogP contribution in [0.15, 0.2) is 11.1 Å². The Balaban J connectivity index is 3.42. The summed E-state index contributed by atoms with van der Waals surface area (Å²) in [5, 5.41) is 27.9. The van der Waals surface area contributed by atoms with Crippen molar-refractivity contribution in [3.63, 3.8) is 0 Å². The van der Waals surface area contributed by atoms with E-state index in [1.54, 1.807) is 0 Å². The number of allylic oxidation sites excluding steroid dienone is 2. The number of nitrogens with one attached hydrogen (secondary N) is 4. The largest absolute Gasteiger partial charge is 0.308 e. The van der Waals surface area contributed by atoms with Crippen molar-refractivity contribution in [2.45, 2.75) is 51.4 Å². The zero-order valence-electron chi connectivity index (χ0n) is 10.8. The maximum atomic E-state index is 7.02. The van der Waals surface area contributed by atoms with Gasteiger partial charge in [0.05, 0.1) is 0 Å². The van der Waals surface area contributed by atoms with Crippen LogP contribution in [0, 0.1) is 21.6 Å². The minimum absolute atomic E-state index is 0.668. The van der Waals surface area contributed by atoms with E-state index < -0.39 is 0 Å². The second-order valence-corrected chi connectivity index (χ2v) is 4.21. The maximum absolute atomic E-state index is 7.02. The maximum Gasteiger partial charge on any atom is 0.0304 e. The quantitative estimate of drug-likeness (QED) is 0.315. The van der Waals surface area contributed by atoms with Gasteiger partial charge in [-0.2, -0.15) is 0 Å². The molecule has 0 aromatic rings. The van der Waals surface area contributed by atoms with Crippen LogP contribution in [-0.2, 0) is 0 Å². The van der Waals surface area contributed by atoms with Gasteiger partial charge in [-0.25, -0.2) is 0 Å². The topological polar surface area (TPSA) is 95.4 Å². The van der Waals surface area contributed by atoms with Gasteiger partial charge >= 0.3 is 0 Å². The van der Waals surface area contributed by atoms with Crippen LogP contribution in [0.25, 0.3) is 0 Å².